The first-order chi connectivity index (χ1) is 37.6. The van der Waals surface area contributed by atoms with E-state index in [4.69, 9.17) is 24.9 Å². The molecule has 0 spiro atoms. The Labute approximate surface area is 459 Å². The van der Waals surface area contributed by atoms with Gasteiger partial charge in [0.05, 0.1) is 23.6 Å². The number of hydrogen-bond donors (Lipinski definition) is 3. The van der Waals surface area contributed by atoms with Crippen LogP contribution in [0.15, 0.2) is 176 Å². The Morgan fingerprint density at radius 1 is 0.744 bits per heavy atom. The number of ether oxygens (including phenoxy) is 1. The Hall–Kier alpha value is -7.83. The van der Waals surface area contributed by atoms with Crippen LogP contribution in [0.4, 0.5) is 16.2 Å². The minimum atomic E-state index is -4.19. The topological polar surface area (TPSA) is 178 Å². The number of allylic oxidation sites excluding steroid dienone is 6. The molecule has 2 aliphatic heterocycles. The van der Waals surface area contributed by atoms with E-state index < -0.39 is 19.5 Å². The predicted molar refractivity (Wildman–Crippen MR) is 310 cm³/mol. The number of benzene rings is 5. The summed E-state index contributed by atoms with van der Waals surface area (Å²) < 4.78 is 36.8. The molecule has 0 radical (unpaired) electrons. The number of carbonyl (C=O) groups excluding carboxylic acids is 2. The maximum atomic E-state index is 14.9. The van der Waals surface area contributed by atoms with Gasteiger partial charge in [-0.15, -0.1) is 5.10 Å². The first-order valence-corrected chi connectivity index (χ1v) is 28.7. The van der Waals surface area contributed by atoms with Gasteiger partial charge >= 0.3 is 13.7 Å². The number of carbonyl (C=O) groups is 2. The molecule has 15 heteroatoms. The van der Waals surface area contributed by atoms with Crippen molar-refractivity contribution in [2.75, 3.05) is 25.1 Å². The van der Waals surface area contributed by atoms with Crippen LogP contribution in [0.2, 0.25) is 0 Å². The second-order valence-corrected chi connectivity index (χ2v) is 23.1. The van der Waals surface area contributed by atoms with Gasteiger partial charge in [-0.2, -0.15) is 4.58 Å². The van der Waals surface area contributed by atoms with Gasteiger partial charge in [-0.1, -0.05) is 141 Å². The fourth-order valence-electron chi connectivity index (χ4n) is 10.4. The second-order valence-electron chi connectivity index (χ2n) is 21.1. The third-order valence-electron chi connectivity index (χ3n) is 14.5. The van der Waals surface area contributed by atoms with Gasteiger partial charge in [-0.25, -0.2) is 9.36 Å². The molecule has 0 bridgehead atoms. The molecule has 14 nitrogen and oxygen atoms in total. The Balaban J connectivity index is 0.769. The fourth-order valence-corrected chi connectivity index (χ4v) is 12.2. The summed E-state index contributed by atoms with van der Waals surface area (Å²) in [4.78, 5) is 28.9. The molecule has 0 saturated carbocycles. The van der Waals surface area contributed by atoms with Gasteiger partial charge in [0.2, 0.25) is 5.69 Å². The average molecular weight is 1070 g/mol. The first-order valence-electron chi connectivity index (χ1n) is 27.1. The molecule has 1 aromatic heterocycles. The summed E-state index contributed by atoms with van der Waals surface area (Å²) in [6.07, 6.45) is 17.9. The number of hydrogen-bond acceptors (Lipinski definition) is 10. The Kier molecular flexibility index (Phi) is 18.8. The van der Waals surface area contributed by atoms with Crippen LogP contribution >= 0.6 is 7.60 Å². The van der Waals surface area contributed by atoms with Crippen molar-refractivity contribution >= 4 is 42.4 Å². The monoisotopic (exact) mass is 1070 g/mol. The lowest BCUT2D eigenvalue weighted by molar-refractivity contribution is -0.401. The van der Waals surface area contributed by atoms with E-state index in [-0.39, 0.29) is 35.5 Å². The lowest BCUT2D eigenvalue weighted by atomic mass is 9.81. The number of unbranched alkanes of at least 4 members (excludes halogenated alkanes) is 2. The summed E-state index contributed by atoms with van der Waals surface area (Å²) in [5.41, 5.74) is 15.5. The Morgan fingerprint density at radius 3 is 2.08 bits per heavy atom. The highest BCUT2D eigenvalue weighted by atomic mass is 31.2. The molecule has 1 atom stereocenters. The van der Waals surface area contributed by atoms with E-state index in [1.165, 1.54) is 33.9 Å². The van der Waals surface area contributed by atoms with Crippen molar-refractivity contribution in [2.24, 2.45) is 5.73 Å². The lowest BCUT2D eigenvalue weighted by Gasteiger charge is -2.28. The van der Waals surface area contributed by atoms with E-state index in [1.807, 2.05) is 42.6 Å². The number of amides is 1. The minimum absolute atomic E-state index is 0.0395. The van der Waals surface area contributed by atoms with E-state index in [0.717, 1.165) is 42.6 Å². The van der Waals surface area contributed by atoms with Crippen molar-refractivity contribution in [3.05, 3.63) is 204 Å². The summed E-state index contributed by atoms with van der Waals surface area (Å²) in [7, 11) is -2.04. The van der Waals surface area contributed by atoms with Crippen LogP contribution in [0.1, 0.15) is 101 Å². The second kappa shape index (κ2) is 26.0. The molecule has 3 heterocycles. The van der Waals surface area contributed by atoms with E-state index in [0.29, 0.717) is 56.6 Å². The number of nitrogens with zero attached hydrogens (tertiary/aromatic N) is 5. The van der Waals surface area contributed by atoms with Gasteiger partial charge in [0.15, 0.2) is 11.5 Å². The molecule has 0 fully saturated rings. The minimum Gasteiger partial charge on any atom is -0.450 e. The maximum Gasteiger partial charge on any atom is 0.453 e. The zero-order chi connectivity index (χ0) is 55.1. The fraction of sp³-hybridized carbons (Fsp3) is 0.333. The molecule has 4 N–H and O–H groups in total. The number of rotatable bonds is 27. The molecule has 5 aromatic carbocycles. The van der Waals surface area contributed by atoms with Gasteiger partial charge < -0.3 is 29.7 Å². The van der Waals surface area contributed by atoms with Crippen molar-refractivity contribution in [3.8, 4) is 11.5 Å². The van der Waals surface area contributed by atoms with Gasteiger partial charge in [0.25, 0.3) is 0 Å². The van der Waals surface area contributed by atoms with Crippen LogP contribution < -0.4 is 25.0 Å². The molecule has 1 unspecified atom stereocenters. The lowest BCUT2D eigenvalue weighted by Crippen LogP contribution is -2.39. The molecule has 8 rings (SSSR count). The van der Waals surface area contributed by atoms with Crippen LogP contribution in [0.25, 0.3) is 0 Å². The summed E-state index contributed by atoms with van der Waals surface area (Å²) in [5, 5.41) is 19.0. The number of nitrogens with two attached hydrogens (primary N) is 1. The molecule has 2 aliphatic rings. The number of aryl methyl sites for hydroxylation is 2. The number of para-hydroxylation sites is 4. The quantitative estimate of drug-likeness (QED) is 0.0112. The molecule has 406 valence electrons. The molecule has 6 aromatic rings. The molecule has 78 heavy (non-hydrogen) atoms. The highest BCUT2D eigenvalue weighted by Crippen LogP contribution is 2.53. The van der Waals surface area contributed by atoms with Crippen molar-refractivity contribution in [3.63, 3.8) is 0 Å². The number of alkyl carbamates (subject to hydrolysis) is 1. The van der Waals surface area contributed by atoms with E-state index in [1.54, 1.807) is 53.2 Å². The maximum absolute atomic E-state index is 14.9. The SMILES string of the molecule is C[N+]1=C(/C=C/C=C/C=C2/N(CCCCCC(=O)CCCn3cc(CCCOC(=O)NC(Cc4ccc(CC(=N)N)cc4)P(=O)(Oc4ccccc4)Oc4ccccc4)nn3)c3ccccc3C2(C)C)C(C)(C)c2ccccc21. The number of Topliss-reactive ketones (excluding diaryl/α,β-unsaturated/α-hetero) is 1. The summed E-state index contributed by atoms with van der Waals surface area (Å²) in [6, 6.07) is 42.0. The predicted octanol–water partition coefficient (Wildman–Crippen LogP) is 12.7. The van der Waals surface area contributed by atoms with Crippen LogP contribution in [0, 0.1) is 5.41 Å². The zero-order valence-corrected chi connectivity index (χ0v) is 46.5. The van der Waals surface area contributed by atoms with Gasteiger partial charge in [0, 0.05) is 79.5 Å². The number of fused-ring (bicyclic) bond motifs is 2. The number of anilines is 1. The van der Waals surface area contributed by atoms with Crippen molar-refractivity contribution in [1.82, 2.24) is 20.3 Å². The normalized spacial score (nSPS) is 15.4. The molecule has 0 aliphatic carbocycles. The Bertz CT molecular complexity index is 3150. The van der Waals surface area contributed by atoms with E-state index in [9.17, 15) is 14.2 Å². The van der Waals surface area contributed by atoms with Gasteiger partial charge in [0.1, 0.15) is 24.3 Å². The third kappa shape index (κ3) is 14.4. The average Bonchev–Trinajstić information content (AvgIpc) is 4.14. The first kappa shape index (κ1) is 56.4. The van der Waals surface area contributed by atoms with Crippen LogP contribution in [-0.2, 0) is 50.7 Å². The largest absolute Gasteiger partial charge is 0.453 e. The van der Waals surface area contributed by atoms with Gasteiger partial charge in [-0.3, -0.25) is 14.9 Å². The number of aromatic nitrogens is 3. The molecular weight excluding hydrogens is 996 g/mol. The number of nitrogens with one attached hydrogen (secondary N) is 2. The van der Waals surface area contributed by atoms with Crippen LogP contribution in [0.3, 0.4) is 0 Å². The van der Waals surface area contributed by atoms with Crippen LogP contribution in [-0.4, -0.2) is 69.0 Å². The highest BCUT2D eigenvalue weighted by Gasteiger charge is 2.43. The van der Waals surface area contributed by atoms with Crippen molar-refractivity contribution < 1.29 is 32.5 Å². The van der Waals surface area contributed by atoms with E-state index in [2.05, 4.69) is 139 Å². The van der Waals surface area contributed by atoms with Crippen molar-refractivity contribution in [1.29, 1.82) is 5.41 Å². The highest BCUT2D eigenvalue weighted by molar-refractivity contribution is 7.55. The third-order valence-corrected chi connectivity index (χ3v) is 16.5. The summed E-state index contributed by atoms with van der Waals surface area (Å²) in [5.74, 6) is -0.242. The number of ketones is 1. The smallest absolute Gasteiger partial charge is 0.450 e. The molecule has 0 saturated heterocycles. The zero-order valence-electron chi connectivity index (χ0n) is 45.6. The molecular formula is C63H74N8O6P+. The van der Waals surface area contributed by atoms with Gasteiger partial charge in [-0.05, 0) is 99.0 Å². The van der Waals surface area contributed by atoms with Crippen LogP contribution in [0.5, 0.6) is 11.5 Å². The summed E-state index contributed by atoms with van der Waals surface area (Å²) >= 11 is 0. The van der Waals surface area contributed by atoms with E-state index >= 15 is 0 Å². The summed E-state index contributed by atoms with van der Waals surface area (Å²) in [6.45, 7) is 10.7. The van der Waals surface area contributed by atoms with Crippen molar-refractivity contribution in [2.45, 2.75) is 115 Å². The molecule has 1 amide bonds. The number of amidine groups is 1. The standard InChI is InChI=1S/C63H73N8O6P/c1-62(2)53-31-17-19-33-55(53)69(5)57(62)35-15-8-16-36-58-63(3,4)54-32-18-20-34-56(54)71(58)42-21-9-10-25-50(72)26-22-41-70-46-49(67-68-70)24-23-43-75-61(73)66-60(45-48-39-37-47(38-40-48)44-59(64)65)78(74,76-51-27-11-6-12-28-51)77-52-29-13-7-14-30-52/h6-8,11-20,27-40,46,60H,9-10,21-26,41-45H2,1-5H3,(H3-,64,65,66,73)/p+1. The Morgan fingerprint density at radius 2 is 1.38 bits per heavy atom.